The second-order valence-corrected chi connectivity index (χ2v) is 8.10. The van der Waals surface area contributed by atoms with E-state index in [1.165, 1.54) is 0 Å². The number of fused-ring (bicyclic) bond motifs is 1. The van der Waals surface area contributed by atoms with Crippen molar-refractivity contribution in [1.82, 2.24) is 9.55 Å². The minimum Gasteiger partial charge on any atom is -0.437 e. The van der Waals surface area contributed by atoms with Gasteiger partial charge in [0.15, 0.2) is 5.60 Å². The topological polar surface area (TPSA) is 92.0 Å². The van der Waals surface area contributed by atoms with Crippen LogP contribution in [-0.2, 0) is 14.2 Å². The minimum atomic E-state index is -1.08. The molecule has 29 heavy (non-hydrogen) atoms. The Bertz CT molecular complexity index is 747. The van der Waals surface area contributed by atoms with Crippen molar-refractivity contribution in [2.24, 2.45) is 0 Å². The number of nitrogens with zero attached hydrogens (tertiary/aromatic N) is 2. The molecule has 8 nitrogen and oxygen atoms in total. The average molecular weight is 411 g/mol. The Morgan fingerprint density at radius 3 is 2.66 bits per heavy atom. The van der Waals surface area contributed by atoms with Crippen LogP contribution < -0.4 is 10.3 Å². The third-order valence-electron chi connectivity index (χ3n) is 5.94. The van der Waals surface area contributed by atoms with Gasteiger partial charge in [0.05, 0.1) is 12.2 Å². The first-order valence-electron chi connectivity index (χ1n) is 10.7. The maximum absolute atomic E-state index is 11.8. The largest absolute Gasteiger partial charge is 0.437 e. The number of hydrogen-bond donors (Lipinski definition) is 1. The molecule has 0 amide bonds. The maximum Gasteiger partial charge on any atom is 0.304 e. The van der Waals surface area contributed by atoms with E-state index in [-0.39, 0.29) is 18.2 Å². The van der Waals surface area contributed by atoms with Crippen LogP contribution in [0.15, 0.2) is 11.0 Å². The summed E-state index contributed by atoms with van der Waals surface area (Å²) in [5.74, 6) is 0. The van der Waals surface area contributed by atoms with Crippen molar-refractivity contribution < 1.29 is 24.1 Å². The van der Waals surface area contributed by atoms with Gasteiger partial charge in [-0.1, -0.05) is 26.7 Å². The lowest BCUT2D eigenvalue weighted by molar-refractivity contribution is -0.258. The molecule has 2 aliphatic rings. The lowest BCUT2D eigenvalue weighted by Gasteiger charge is -2.48. The minimum absolute atomic E-state index is 0.207. The van der Waals surface area contributed by atoms with Gasteiger partial charge in [-0.25, -0.2) is 0 Å². The van der Waals surface area contributed by atoms with E-state index in [1.807, 2.05) is 0 Å². The molecule has 1 N–H and O–H groups in total. The van der Waals surface area contributed by atoms with E-state index in [4.69, 9.17) is 18.9 Å². The van der Waals surface area contributed by atoms with Crippen LogP contribution in [0.25, 0.3) is 0 Å². The van der Waals surface area contributed by atoms with Gasteiger partial charge in [-0.2, -0.15) is 4.98 Å². The summed E-state index contributed by atoms with van der Waals surface area (Å²) in [5.41, 5.74) is -1.89. The Hall–Kier alpha value is -1.48. The van der Waals surface area contributed by atoms with Crippen molar-refractivity contribution >= 4 is 0 Å². The van der Waals surface area contributed by atoms with Crippen molar-refractivity contribution in [2.75, 3.05) is 26.9 Å². The van der Waals surface area contributed by atoms with Crippen LogP contribution in [0.2, 0.25) is 0 Å². The van der Waals surface area contributed by atoms with E-state index in [0.717, 1.165) is 25.7 Å². The van der Waals surface area contributed by atoms with Crippen molar-refractivity contribution in [3.63, 3.8) is 0 Å². The number of ether oxygens (including phenoxy) is 4. The lowest BCUT2D eigenvalue weighted by Crippen LogP contribution is -2.64. The molecule has 8 heteroatoms. The Kier molecular flexibility index (Phi) is 6.98. The molecule has 1 aromatic heterocycles. The monoisotopic (exact) mass is 410 g/mol. The van der Waals surface area contributed by atoms with Crippen LogP contribution in [0.4, 0.5) is 0 Å². The summed E-state index contributed by atoms with van der Waals surface area (Å²) in [6.07, 6.45) is 5.64. The molecule has 1 saturated carbocycles. The molecule has 164 valence electrons. The summed E-state index contributed by atoms with van der Waals surface area (Å²) >= 11 is 0. The predicted molar refractivity (Wildman–Crippen MR) is 107 cm³/mol. The van der Waals surface area contributed by atoms with Gasteiger partial charge in [-0.05, 0) is 32.6 Å². The number of methoxy groups -OCH3 is 1. The zero-order valence-corrected chi connectivity index (χ0v) is 18.0. The van der Waals surface area contributed by atoms with Crippen molar-refractivity contribution in [1.29, 1.82) is 0 Å². The van der Waals surface area contributed by atoms with Crippen molar-refractivity contribution in [3.8, 4) is 6.01 Å². The molecule has 1 fully saturated rings. The maximum atomic E-state index is 11.8. The molecule has 1 unspecified atom stereocenters. The number of rotatable bonds is 13. The summed E-state index contributed by atoms with van der Waals surface area (Å²) < 4.78 is 25.8. The van der Waals surface area contributed by atoms with E-state index in [9.17, 15) is 9.90 Å². The van der Waals surface area contributed by atoms with Gasteiger partial charge >= 0.3 is 6.01 Å². The highest BCUT2D eigenvalue weighted by molar-refractivity contribution is 5.21. The summed E-state index contributed by atoms with van der Waals surface area (Å²) in [4.78, 5) is 15.8. The third-order valence-corrected chi connectivity index (χ3v) is 5.94. The highest BCUT2D eigenvalue weighted by Crippen LogP contribution is 2.52. The molecular formula is C21H34N2O6. The van der Waals surface area contributed by atoms with Crippen LogP contribution in [-0.4, -0.2) is 58.9 Å². The molecule has 1 aromatic rings. The molecule has 0 saturated heterocycles. The molecule has 0 bridgehead atoms. The molecule has 0 radical (unpaired) electrons. The van der Waals surface area contributed by atoms with E-state index >= 15 is 0 Å². The Balaban J connectivity index is 1.91. The molecule has 0 spiro atoms. The molecule has 2 heterocycles. The molecule has 3 atom stereocenters. The molecule has 0 aromatic carbocycles. The predicted octanol–water partition coefficient (Wildman–Crippen LogP) is 2.35. The Morgan fingerprint density at radius 2 is 2.03 bits per heavy atom. The standard InChI is InChI=1S/C21H34N2O6/c1-5-7-11-27-14-21(26-4,20(25)9-10-20)16(28-12-8-6-2)18-23-13-15(3)17(24)22-19(23)29-18/h13,16,18,25H,5-12,14H2,1-4H3/t16-,18?,21-/m1/s1. The van der Waals surface area contributed by atoms with Crippen molar-refractivity contribution in [2.45, 2.75) is 82.8 Å². The van der Waals surface area contributed by atoms with Crippen molar-refractivity contribution in [3.05, 3.63) is 22.1 Å². The Labute approximate surface area is 172 Å². The molecule has 1 aliphatic carbocycles. The third kappa shape index (κ3) is 4.21. The fourth-order valence-corrected chi connectivity index (χ4v) is 3.80. The first-order chi connectivity index (χ1) is 13.9. The molecule has 3 rings (SSSR count). The molecular weight excluding hydrogens is 376 g/mol. The van der Waals surface area contributed by atoms with Gasteiger partial charge in [0, 0.05) is 32.1 Å². The van der Waals surface area contributed by atoms with E-state index in [0.29, 0.717) is 31.6 Å². The second-order valence-electron chi connectivity index (χ2n) is 8.10. The summed E-state index contributed by atoms with van der Waals surface area (Å²) in [6.45, 7) is 7.23. The van der Waals surface area contributed by atoms with Crippen LogP contribution >= 0.6 is 0 Å². The van der Waals surface area contributed by atoms with Crippen LogP contribution in [0, 0.1) is 6.92 Å². The average Bonchev–Trinajstić information content (AvgIpc) is 3.45. The van der Waals surface area contributed by atoms with E-state index in [2.05, 4.69) is 18.8 Å². The highest BCUT2D eigenvalue weighted by atomic mass is 16.6. The normalized spacial score (nSPS) is 22.2. The lowest BCUT2D eigenvalue weighted by atomic mass is 9.86. The van der Waals surface area contributed by atoms with Crippen LogP contribution in [0.3, 0.4) is 0 Å². The number of unbranched alkanes of at least 4 members (excludes halogenated alkanes) is 2. The van der Waals surface area contributed by atoms with Gasteiger partial charge in [0.1, 0.15) is 6.10 Å². The van der Waals surface area contributed by atoms with Crippen LogP contribution in [0.1, 0.15) is 64.2 Å². The molecule has 1 aliphatic heterocycles. The number of aliphatic hydroxyl groups is 1. The summed E-state index contributed by atoms with van der Waals surface area (Å²) in [7, 11) is 1.59. The fourth-order valence-electron chi connectivity index (χ4n) is 3.80. The van der Waals surface area contributed by atoms with Gasteiger partial charge in [-0.15, -0.1) is 0 Å². The smallest absolute Gasteiger partial charge is 0.304 e. The number of hydrogen-bond acceptors (Lipinski definition) is 7. The van der Waals surface area contributed by atoms with Gasteiger partial charge in [0.2, 0.25) is 6.23 Å². The van der Waals surface area contributed by atoms with Gasteiger partial charge in [0.25, 0.3) is 5.56 Å². The first kappa shape index (κ1) is 22.2. The zero-order chi connectivity index (χ0) is 21.1. The van der Waals surface area contributed by atoms with E-state index in [1.54, 1.807) is 24.8 Å². The van der Waals surface area contributed by atoms with E-state index < -0.39 is 23.5 Å². The zero-order valence-electron chi connectivity index (χ0n) is 18.0. The van der Waals surface area contributed by atoms with Crippen LogP contribution in [0.5, 0.6) is 6.01 Å². The fraction of sp³-hybridized carbons (Fsp3) is 0.810. The number of aryl methyl sites for hydroxylation is 1. The summed E-state index contributed by atoms with van der Waals surface area (Å²) in [6, 6.07) is 0.259. The first-order valence-corrected chi connectivity index (χ1v) is 10.7. The second kappa shape index (κ2) is 9.12. The van der Waals surface area contributed by atoms with Gasteiger partial charge < -0.3 is 24.1 Å². The SMILES string of the molecule is CCCCOC[C@@](OC)([C@H](OCCCC)C1Oc2nc(=O)c(C)cn21)C1(O)CC1. The highest BCUT2D eigenvalue weighted by Gasteiger charge is 2.66. The van der Waals surface area contributed by atoms with Gasteiger partial charge in [-0.3, -0.25) is 9.36 Å². The number of aromatic nitrogens is 2. The quantitative estimate of drug-likeness (QED) is 0.499. The Morgan fingerprint density at radius 1 is 1.34 bits per heavy atom. The summed E-state index contributed by atoms with van der Waals surface area (Å²) in [5, 5.41) is 11.2.